The zero-order chi connectivity index (χ0) is 20.8. The lowest BCUT2D eigenvalue weighted by molar-refractivity contribution is -0.167. The first kappa shape index (κ1) is 20.0. The molecule has 2 aromatic carbocycles. The van der Waals surface area contributed by atoms with Crippen LogP contribution in [0.4, 0.5) is 0 Å². The maximum Gasteiger partial charge on any atom is 0.343 e. The molecule has 152 valence electrons. The minimum Gasteiger partial charge on any atom is -0.507 e. The summed E-state index contributed by atoms with van der Waals surface area (Å²) in [4.78, 5) is 12.9. The summed E-state index contributed by atoms with van der Waals surface area (Å²) in [6.45, 7) is 3.94. The summed E-state index contributed by atoms with van der Waals surface area (Å²) in [5, 5.41) is 11.8. The van der Waals surface area contributed by atoms with Crippen molar-refractivity contribution in [1.82, 2.24) is 0 Å². The van der Waals surface area contributed by atoms with Gasteiger partial charge in [0, 0.05) is 12.1 Å². The number of aliphatic hydroxyl groups excluding tert-OH is 1. The molecule has 1 fully saturated rings. The molecule has 2 unspecified atom stereocenters. The molecule has 5 heteroatoms. The van der Waals surface area contributed by atoms with Gasteiger partial charge in [-0.05, 0) is 73.1 Å². The minimum atomic E-state index is -1.06. The van der Waals surface area contributed by atoms with E-state index in [4.69, 9.17) is 21.1 Å². The van der Waals surface area contributed by atoms with Crippen LogP contribution in [0.3, 0.4) is 0 Å². The predicted molar refractivity (Wildman–Crippen MR) is 114 cm³/mol. The first-order valence-electron chi connectivity index (χ1n) is 9.95. The fourth-order valence-electron chi connectivity index (χ4n) is 4.64. The number of rotatable bonds is 3. The van der Waals surface area contributed by atoms with E-state index >= 15 is 0 Å². The average molecular weight is 413 g/mol. The molecule has 0 aromatic heterocycles. The van der Waals surface area contributed by atoms with E-state index in [0.717, 1.165) is 41.5 Å². The zero-order valence-corrected chi connectivity index (χ0v) is 17.7. The van der Waals surface area contributed by atoms with Crippen LogP contribution in [0.2, 0.25) is 5.02 Å². The number of benzene rings is 2. The van der Waals surface area contributed by atoms with Crippen LogP contribution in [0, 0.1) is 13.8 Å². The molecule has 4 nitrogen and oxygen atoms in total. The Morgan fingerprint density at radius 3 is 2.45 bits per heavy atom. The van der Waals surface area contributed by atoms with Crippen LogP contribution in [0.1, 0.15) is 42.4 Å². The van der Waals surface area contributed by atoms with Gasteiger partial charge in [-0.2, -0.15) is 0 Å². The van der Waals surface area contributed by atoms with Gasteiger partial charge in [0.15, 0.2) is 11.4 Å². The molecule has 1 aliphatic carbocycles. The van der Waals surface area contributed by atoms with Crippen molar-refractivity contribution in [3.05, 3.63) is 63.9 Å². The second-order valence-corrected chi connectivity index (χ2v) is 8.40. The Hall–Kier alpha value is -2.30. The fraction of sp³-hybridized carbons (Fsp3) is 0.375. The summed E-state index contributed by atoms with van der Waals surface area (Å²) in [7, 11) is 1.60. The predicted octanol–water partition coefficient (Wildman–Crippen LogP) is 5.78. The van der Waals surface area contributed by atoms with Crippen LogP contribution in [0.15, 0.2) is 42.2 Å². The Morgan fingerprint density at radius 1 is 1.10 bits per heavy atom. The van der Waals surface area contributed by atoms with Gasteiger partial charge in [0.25, 0.3) is 0 Å². The topological polar surface area (TPSA) is 55.8 Å². The number of esters is 1. The number of carbonyl (C=O) groups excluding carboxylic acids is 1. The second-order valence-electron chi connectivity index (χ2n) is 7.96. The van der Waals surface area contributed by atoms with Gasteiger partial charge < -0.3 is 14.6 Å². The highest BCUT2D eigenvalue weighted by molar-refractivity contribution is 6.30. The molecule has 2 aromatic rings. The van der Waals surface area contributed by atoms with Crippen molar-refractivity contribution < 1.29 is 19.4 Å². The lowest BCUT2D eigenvalue weighted by atomic mass is 9.79. The molecular formula is C24H25ClO4. The highest BCUT2D eigenvalue weighted by Gasteiger charge is 2.55. The Balaban J connectivity index is 1.81. The Kier molecular flexibility index (Phi) is 5.18. The summed E-state index contributed by atoms with van der Waals surface area (Å²) in [5.74, 6) is -0.469. The molecule has 1 spiro atoms. The number of hydrogen-bond acceptors (Lipinski definition) is 4. The molecule has 29 heavy (non-hydrogen) atoms. The van der Waals surface area contributed by atoms with Crippen molar-refractivity contribution in [3.63, 3.8) is 0 Å². The van der Waals surface area contributed by atoms with E-state index in [1.54, 1.807) is 7.11 Å². The Morgan fingerprint density at radius 2 is 1.76 bits per heavy atom. The fourth-order valence-corrected chi connectivity index (χ4v) is 4.77. The number of aryl methyl sites for hydroxylation is 2. The molecule has 0 amide bonds. The van der Waals surface area contributed by atoms with Gasteiger partial charge in [-0.15, -0.1) is 0 Å². The van der Waals surface area contributed by atoms with Gasteiger partial charge in [0.1, 0.15) is 11.7 Å². The number of carbonyl (C=O) groups is 1. The third-order valence-corrected chi connectivity index (χ3v) is 6.43. The van der Waals surface area contributed by atoms with Crippen molar-refractivity contribution in [2.24, 2.45) is 0 Å². The minimum absolute atomic E-state index is 0.00999. The van der Waals surface area contributed by atoms with Gasteiger partial charge in [0.05, 0.1) is 0 Å². The van der Waals surface area contributed by atoms with E-state index < -0.39 is 11.6 Å². The molecular weight excluding hydrogens is 388 g/mol. The van der Waals surface area contributed by atoms with Crippen LogP contribution in [0.5, 0.6) is 0 Å². The molecule has 0 radical (unpaired) electrons. The number of ether oxygens (including phenoxy) is 2. The Bertz CT molecular complexity index is 993. The van der Waals surface area contributed by atoms with E-state index in [2.05, 4.69) is 0 Å². The number of methoxy groups -OCH3 is 1. The van der Waals surface area contributed by atoms with Gasteiger partial charge in [-0.25, -0.2) is 4.79 Å². The van der Waals surface area contributed by atoms with Crippen LogP contribution in [-0.2, 0) is 14.3 Å². The number of halogens is 1. The van der Waals surface area contributed by atoms with Crippen molar-refractivity contribution in [2.45, 2.75) is 51.2 Å². The maximum absolute atomic E-state index is 12.9. The average Bonchev–Trinajstić information content (AvgIpc) is 2.94. The van der Waals surface area contributed by atoms with Crippen molar-refractivity contribution in [1.29, 1.82) is 0 Å². The molecule has 1 heterocycles. The summed E-state index contributed by atoms with van der Waals surface area (Å²) in [5.41, 5.74) is 3.94. The van der Waals surface area contributed by atoms with Gasteiger partial charge >= 0.3 is 5.97 Å². The van der Waals surface area contributed by atoms with E-state index in [1.807, 2.05) is 50.2 Å². The van der Waals surface area contributed by atoms with Crippen molar-refractivity contribution in [2.75, 3.05) is 7.11 Å². The van der Waals surface area contributed by atoms with Crippen molar-refractivity contribution in [3.8, 4) is 11.1 Å². The molecule has 2 atom stereocenters. The van der Waals surface area contributed by atoms with Gasteiger partial charge in [-0.1, -0.05) is 42.3 Å². The lowest BCUT2D eigenvalue weighted by Gasteiger charge is -2.38. The van der Waals surface area contributed by atoms with Crippen LogP contribution >= 0.6 is 11.6 Å². The monoisotopic (exact) mass is 412 g/mol. The largest absolute Gasteiger partial charge is 0.507 e. The molecule has 0 saturated heterocycles. The van der Waals surface area contributed by atoms with Crippen LogP contribution < -0.4 is 0 Å². The molecule has 4 rings (SSSR count). The third kappa shape index (κ3) is 3.24. The summed E-state index contributed by atoms with van der Waals surface area (Å²) in [6, 6.07) is 11.7. The summed E-state index contributed by atoms with van der Waals surface area (Å²) >= 11 is 6.01. The Labute approximate surface area is 176 Å². The quantitative estimate of drug-likeness (QED) is 0.649. The lowest BCUT2D eigenvalue weighted by Crippen LogP contribution is -2.48. The molecule has 2 aliphatic rings. The summed E-state index contributed by atoms with van der Waals surface area (Å²) in [6.07, 6.45) is 2.89. The van der Waals surface area contributed by atoms with Gasteiger partial charge in [-0.3, -0.25) is 0 Å². The van der Waals surface area contributed by atoms with Gasteiger partial charge in [0.2, 0.25) is 0 Å². The molecule has 0 bridgehead atoms. The molecule has 1 saturated carbocycles. The summed E-state index contributed by atoms with van der Waals surface area (Å²) < 4.78 is 11.4. The van der Waals surface area contributed by atoms with Crippen LogP contribution in [-0.4, -0.2) is 29.9 Å². The zero-order valence-electron chi connectivity index (χ0n) is 16.9. The van der Waals surface area contributed by atoms with Crippen molar-refractivity contribution >= 4 is 23.1 Å². The SMILES string of the molecule is COC1CCCCC12OC(=O)C(c1cc(C)c(-c3ccc(Cl)cc3)cc1C)=C2O. The molecule has 1 aliphatic heterocycles. The van der Waals surface area contributed by atoms with E-state index in [9.17, 15) is 9.90 Å². The second kappa shape index (κ2) is 7.51. The van der Waals surface area contributed by atoms with Crippen LogP contribution in [0.25, 0.3) is 16.7 Å². The highest BCUT2D eigenvalue weighted by Crippen LogP contribution is 2.47. The maximum atomic E-state index is 12.9. The highest BCUT2D eigenvalue weighted by atomic mass is 35.5. The third-order valence-electron chi connectivity index (χ3n) is 6.18. The molecule has 1 N–H and O–H groups in total. The smallest absolute Gasteiger partial charge is 0.343 e. The first-order chi connectivity index (χ1) is 13.9. The van der Waals surface area contributed by atoms with E-state index in [0.29, 0.717) is 17.0 Å². The number of hydrogen-bond donors (Lipinski definition) is 1. The normalized spacial score (nSPS) is 24.3. The van der Waals surface area contributed by atoms with E-state index in [-0.39, 0.29) is 17.4 Å². The standard InChI is InChI=1S/C24H25ClO4/c1-14-13-19(15(2)12-18(14)16-7-9-17(25)10-8-16)21-22(26)24(29-23(21)27)11-5-4-6-20(24)28-3/h7-10,12-13,20,26H,4-6,11H2,1-3H3. The van der Waals surface area contributed by atoms with E-state index in [1.165, 1.54) is 0 Å². The first-order valence-corrected chi connectivity index (χ1v) is 10.3. The number of aliphatic hydroxyl groups is 1.